The van der Waals surface area contributed by atoms with Gasteiger partial charge in [0.05, 0.1) is 0 Å². The van der Waals surface area contributed by atoms with Crippen molar-refractivity contribution in [1.29, 1.82) is 0 Å². The van der Waals surface area contributed by atoms with Crippen LogP contribution >= 0.6 is 11.3 Å². The molecule has 3 heteroatoms. The smallest absolute Gasteiger partial charge is 0.00871 e. The third-order valence-electron chi connectivity index (χ3n) is 3.06. The van der Waals surface area contributed by atoms with E-state index in [2.05, 4.69) is 43.6 Å². The molecular weight excluding hydrogens is 216 g/mol. The topological polar surface area (TPSA) is 38.0 Å². The van der Waals surface area contributed by atoms with Crippen molar-refractivity contribution < 1.29 is 0 Å². The molecule has 0 amide bonds. The third kappa shape index (κ3) is 4.64. The van der Waals surface area contributed by atoms with E-state index in [-0.39, 0.29) is 0 Å². The molecule has 0 aromatic carbocycles. The molecular formula is C13H24N2S. The zero-order valence-electron chi connectivity index (χ0n) is 10.6. The van der Waals surface area contributed by atoms with E-state index in [1.165, 1.54) is 4.88 Å². The van der Waals surface area contributed by atoms with Gasteiger partial charge in [-0.05, 0) is 49.7 Å². The molecule has 0 spiro atoms. The summed E-state index contributed by atoms with van der Waals surface area (Å²) in [4.78, 5) is 1.45. The summed E-state index contributed by atoms with van der Waals surface area (Å²) in [6, 6.07) is 4.85. The van der Waals surface area contributed by atoms with Gasteiger partial charge in [0.1, 0.15) is 0 Å². The Morgan fingerprint density at radius 1 is 1.38 bits per heavy atom. The highest BCUT2D eigenvalue weighted by Crippen LogP contribution is 2.12. The molecule has 1 heterocycles. The van der Waals surface area contributed by atoms with Crippen molar-refractivity contribution in [1.82, 2.24) is 5.32 Å². The van der Waals surface area contributed by atoms with Gasteiger partial charge in [-0.25, -0.2) is 0 Å². The molecule has 0 aliphatic rings. The normalized spacial score (nSPS) is 15.3. The molecule has 0 radical (unpaired) electrons. The van der Waals surface area contributed by atoms with E-state index in [4.69, 9.17) is 5.73 Å². The maximum Gasteiger partial charge on any atom is 0.00871 e. The Hall–Kier alpha value is -0.380. The predicted molar refractivity (Wildman–Crippen MR) is 72.9 cm³/mol. The molecule has 3 N–H and O–H groups in total. The number of nitrogens with one attached hydrogen (secondary N) is 1. The molecule has 0 saturated heterocycles. The average Bonchev–Trinajstić information content (AvgIpc) is 2.70. The fourth-order valence-electron chi connectivity index (χ4n) is 1.75. The molecule has 0 aliphatic carbocycles. The van der Waals surface area contributed by atoms with E-state index in [0.717, 1.165) is 19.5 Å². The van der Waals surface area contributed by atoms with Gasteiger partial charge in [-0.1, -0.05) is 19.9 Å². The van der Waals surface area contributed by atoms with Gasteiger partial charge < -0.3 is 11.1 Å². The van der Waals surface area contributed by atoms with Crippen molar-refractivity contribution in [3.63, 3.8) is 0 Å². The van der Waals surface area contributed by atoms with E-state index in [0.29, 0.717) is 17.9 Å². The quantitative estimate of drug-likeness (QED) is 0.768. The van der Waals surface area contributed by atoms with Gasteiger partial charge >= 0.3 is 0 Å². The standard InChI is InChI=1S/C13H24N2S/c1-10(2)12(8-14)9-15-11(3)7-13-5-4-6-16-13/h4-6,10-12,15H,7-9,14H2,1-3H3. The third-order valence-corrected chi connectivity index (χ3v) is 3.96. The largest absolute Gasteiger partial charge is 0.330 e. The van der Waals surface area contributed by atoms with Gasteiger partial charge in [0.15, 0.2) is 0 Å². The Morgan fingerprint density at radius 2 is 2.12 bits per heavy atom. The first-order valence-electron chi connectivity index (χ1n) is 6.09. The van der Waals surface area contributed by atoms with Crippen LogP contribution in [0, 0.1) is 11.8 Å². The van der Waals surface area contributed by atoms with Gasteiger partial charge in [0.25, 0.3) is 0 Å². The van der Waals surface area contributed by atoms with Crippen LogP contribution in [-0.4, -0.2) is 19.1 Å². The van der Waals surface area contributed by atoms with E-state index in [1.54, 1.807) is 0 Å². The van der Waals surface area contributed by atoms with E-state index in [1.807, 2.05) is 11.3 Å². The lowest BCUT2D eigenvalue weighted by atomic mass is 9.95. The fourth-order valence-corrected chi connectivity index (χ4v) is 2.58. The molecule has 0 aliphatic heterocycles. The van der Waals surface area contributed by atoms with E-state index < -0.39 is 0 Å². The van der Waals surface area contributed by atoms with Crippen molar-refractivity contribution in [3.8, 4) is 0 Å². The number of rotatable bonds is 7. The molecule has 0 saturated carbocycles. The first-order chi connectivity index (χ1) is 7.63. The Labute approximate surface area is 103 Å². The monoisotopic (exact) mass is 240 g/mol. The van der Waals surface area contributed by atoms with Crippen molar-refractivity contribution in [2.45, 2.75) is 33.2 Å². The fraction of sp³-hybridized carbons (Fsp3) is 0.692. The lowest BCUT2D eigenvalue weighted by Crippen LogP contribution is -2.37. The van der Waals surface area contributed by atoms with Gasteiger partial charge in [0, 0.05) is 10.9 Å². The number of hydrogen-bond acceptors (Lipinski definition) is 3. The average molecular weight is 240 g/mol. The SMILES string of the molecule is CC(Cc1cccs1)NCC(CN)C(C)C. The molecule has 1 aromatic rings. The Balaban J connectivity index is 2.26. The molecule has 2 nitrogen and oxygen atoms in total. The maximum atomic E-state index is 5.76. The minimum absolute atomic E-state index is 0.534. The Morgan fingerprint density at radius 3 is 2.62 bits per heavy atom. The molecule has 92 valence electrons. The molecule has 1 rings (SSSR count). The van der Waals surface area contributed by atoms with Crippen molar-refractivity contribution >= 4 is 11.3 Å². The lowest BCUT2D eigenvalue weighted by molar-refractivity contribution is 0.354. The van der Waals surface area contributed by atoms with Crippen LogP contribution in [0.2, 0.25) is 0 Å². The van der Waals surface area contributed by atoms with Crippen LogP contribution < -0.4 is 11.1 Å². The predicted octanol–water partition coefficient (Wildman–Crippen LogP) is 2.50. The summed E-state index contributed by atoms with van der Waals surface area (Å²) in [7, 11) is 0. The summed E-state index contributed by atoms with van der Waals surface area (Å²) >= 11 is 1.83. The van der Waals surface area contributed by atoms with Gasteiger partial charge in [-0.2, -0.15) is 0 Å². The second-order valence-corrected chi connectivity index (χ2v) is 5.86. The number of hydrogen-bond donors (Lipinski definition) is 2. The van der Waals surface area contributed by atoms with Crippen molar-refractivity contribution in [2.24, 2.45) is 17.6 Å². The summed E-state index contributed by atoms with van der Waals surface area (Å²) in [5.74, 6) is 1.25. The zero-order valence-corrected chi connectivity index (χ0v) is 11.4. The first kappa shape index (κ1) is 13.7. The Kier molecular flexibility index (Phi) is 6.03. The Bertz CT molecular complexity index is 269. The molecule has 16 heavy (non-hydrogen) atoms. The minimum Gasteiger partial charge on any atom is -0.330 e. The second-order valence-electron chi connectivity index (χ2n) is 4.83. The molecule has 0 fully saturated rings. The van der Waals surface area contributed by atoms with Crippen LogP contribution in [0.25, 0.3) is 0 Å². The van der Waals surface area contributed by atoms with Crippen LogP contribution in [0.4, 0.5) is 0 Å². The van der Waals surface area contributed by atoms with Crippen LogP contribution in [0.15, 0.2) is 17.5 Å². The van der Waals surface area contributed by atoms with Crippen LogP contribution in [0.1, 0.15) is 25.6 Å². The highest BCUT2D eigenvalue weighted by Gasteiger charge is 2.12. The molecule has 0 bridgehead atoms. The number of nitrogens with two attached hydrogens (primary N) is 1. The first-order valence-corrected chi connectivity index (χ1v) is 6.97. The minimum atomic E-state index is 0.534. The van der Waals surface area contributed by atoms with Gasteiger partial charge in [0.2, 0.25) is 0 Å². The second kappa shape index (κ2) is 7.05. The van der Waals surface area contributed by atoms with Crippen LogP contribution in [0.5, 0.6) is 0 Å². The van der Waals surface area contributed by atoms with Crippen LogP contribution in [-0.2, 0) is 6.42 Å². The van der Waals surface area contributed by atoms with Crippen molar-refractivity contribution in [2.75, 3.05) is 13.1 Å². The van der Waals surface area contributed by atoms with E-state index >= 15 is 0 Å². The molecule has 2 unspecified atom stereocenters. The maximum absolute atomic E-state index is 5.76. The summed E-state index contributed by atoms with van der Waals surface area (Å²) in [5, 5.41) is 5.72. The van der Waals surface area contributed by atoms with Gasteiger partial charge in [-0.3, -0.25) is 0 Å². The number of thiophene rings is 1. The van der Waals surface area contributed by atoms with E-state index in [9.17, 15) is 0 Å². The summed E-state index contributed by atoms with van der Waals surface area (Å²) < 4.78 is 0. The highest BCUT2D eigenvalue weighted by molar-refractivity contribution is 7.09. The molecule has 2 atom stereocenters. The highest BCUT2D eigenvalue weighted by atomic mass is 32.1. The zero-order chi connectivity index (χ0) is 12.0. The summed E-state index contributed by atoms with van der Waals surface area (Å²) in [6.45, 7) is 8.52. The summed E-state index contributed by atoms with van der Waals surface area (Å²) in [5.41, 5.74) is 5.76. The van der Waals surface area contributed by atoms with Crippen LogP contribution in [0.3, 0.4) is 0 Å². The van der Waals surface area contributed by atoms with Gasteiger partial charge in [-0.15, -0.1) is 11.3 Å². The lowest BCUT2D eigenvalue weighted by Gasteiger charge is -2.22. The molecule has 1 aromatic heterocycles. The summed E-state index contributed by atoms with van der Waals surface area (Å²) in [6.07, 6.45) is 1.12. The van der Waals surface area contributed by atoms with Crippen molar-refractivity contribution in [3.05, 3.63) is 22.4 Å².